The fraction of sp³-hybridized carbons (Fsp3) is 0.417. The maximum absolute atomic E-state index is 10.8. The van der Waals surface area contributed by atoms with Crippen LogP contribution < -0.4 is 4.90 Å². The van der Waals surface area contributed by atoms with E-state index in [9.17, 15) is 4.79 Å². The smallest absolute Gasteiger partial charge is 0.411 e. The fourth-order valence-corrected chi connectivity index (χ4v) is 1.39. The van der Waals surface area contributed by atoms with E-state index in [0.717, 1.165) is 12.1 Å². The van der Waals surface area contributed by atoms with Crippen LogP contribution in [0.5, 0.6) is 0 Å². The summed E-state index contributed by atoms with van der Waals surface area (Å²) in [5.41, 5.74) is 1.91. The average Bonchev–Trinajstić information content (AvgIpc) is 2.27. The normalized spacial score (nSPS) is 12.2. The van der Waals surface area contributed by atoms with Crippen molar-refractivity contribution in [2.45, 2.75) is 26.2 Å². The third kappa shape index (κ3) is 2.72. The summed E-state index contributed by atoms with van der Waals surface area (Å²) in [5, 5.41) is 8.85. The molecule has 1 atom stereocenters. The molecule has 3 heteroatoms. The van der Waals surface area contributed by atoms with Gasteiger partial charge in [-0.3, -0.25) is 4.90 Å². The van der Waals surface area contributed by atoms with Gasteiger partial charge in [0.25, 0.3) is 0 Å². The SMILES string of the molecule is CCC(C)c1cccc(N(C)C(=O)O)c1. The van der Waals surface area contributed by atoms with Gasteiger partial charge in [-0.2, -0.15) is 0 Å². The summed E-state index contributed by atoms with van der Waals surface area (Å²) in [4.78, 5) is 12.0. The Hall–Kier alpha value is -1.51. The van der Waals surface area contributed by atoms with Crippen molar-refractivity contribution in [3.8, 4) is 0 Å². The number of anilines is 1. The van der Waals surface area contributed by atoms with Crippen LogP contribution in [0.3, 0.4) is 0 Å². The highest BCUT2D eigenvalue weighted by Gasteiger charge is 2.10. The Bertz CT molecular complexity index is 349. The lowest BCUT2D eigenvalue weighted by Gasteiger charge is -2.16. The molecule has 0 heterocycles. The summed E-state index contributed by atoms with van der Waals surface area (Å²) in [6.45, 7) is 4.26. The second-order valence-corrected chi connectivity index (χ2v) is 3.75. The van der Waals surface area contributed by atoms with Crippen LogP contribution in [-0.4, -0.2) is 18.2 Å². The second kappa shape index (κ2) is 4.82. The van der Waals surface area contributed by atoms with E-state index in [0.29, 0.717) is 5.92 Å². The minimum atomic E-state index is -0.934. The molecule has 0 aromatic heterocycles. The van der Waals surface area contributed by atoms with Gasteiger partial charge >= 0.3 is 6.09 Å². The van der Waals surface area contributed by atoms with Crippen molar-refractivity contribution in [2.75, 3.05) is 11.9 Å². The maximum Gasteiger partial charge on any atom is 0.411 e. The van der Waals surface area contributed by atoms with Gasteiger partial charge in [0.2, 0.25) is 0 Å². The van der Waals surface area contributed by atoms with Crippen LogP contribution in [0.25, 0.3) is 0 Å². The van der Waals surface area contributed by atoms with E-state index >= 15 is 0 Å². The Morgan fingerprint density at radius 1 is 1.53 bits per heavy atom. The Morgan fingerprint density at radius 2 is 2.20 bits per heavy atom. The number of carbonyl (C=O) groups is 1. The molecule has 1 rings (SSSR count). The number of hydrogen-bond donors (Lipinski definition) is 1. The predicted octanol–water partition coefficient (Wildman–Crippen LogP) is 3.31. The zero-order valence-corrected chi connectivity index (χ0v) is 9.40. The molecule has 0 aliphatic carbocycles. The van der Waals surface area contributed by atoms with Crippen molar-refractivity contribution < 1.29 is 9.90 Å². The first-order valence-corrected chi connectivity index (χ1v) is 5.12. The van der Waals surface area contributed by atoms with Gasteiger partial charge in [-0.15, -0.1) is 0 Å². The van der Waals surface area contributed by atoms with Crippen LogP contribution in [0.2, 0.25) is 0 Å². The van der Waals surface area contributed by atoms with Gasteiger partial charge in [-0.25, -0.2) is 4.79 Å². The Labute approximate surface area is 90.3 Å². The third-order valence-corrected chi connectivity index (χ3v) is 2.73. The lowest BCUT2D eigenvalue weighted by Crippen LogP contribution is -2.23. The molecule has 0 bridgehead atoms. The van der Waals surface area contributed by atoms with E-state index in [1.54, 1.807) is 13.1 Å². The van der Waals surface area contributed by atoms with Gasteiger partial charge in [0.15, 0.2) is 0 Å². The lowest BCUT2D eigenvalue weighted by molar-refractivity contribution is 0.203. The summed E-state index contributed by atoms with van der Waals surface area (Å²) in [6.07, 6.45) is 0.122. The van der Waals surface area contributed by atoms with Crippen molar-refractivity contribution in [2.24, 2.45) is 0 Å². The molecule has 0 saturated carbocycles. The summed E-state index contributed by atoms with van der Waals surface area (Å²) in [7, 11) is 1.55. The number of hydrogen-bond acceptors (Lipinski definition) is 1. The van der Waals surface area contributed by atoms with Crippen LogP contribution >= 0.6 is 0 Å². The molecule has 0 saturated heterocycles. The third-order valence-electron chi connectivity index (χ3n) is 2.73. The molecule has 82 valence electrons. The Balaban J connectivity index is 2.97. The molecule has 1 aromatic carbocycles. The van der Waals surface area contributed by atoms with E-state index in [4.69, 9.17) is 5.11 Å². The molecule has 3 nitrogen and oxygen atoms in total. The van der Waals surface area contributed by atoms with Crippen LogP contribution in [0, 0.1) is 0 Å². The molecule has 0 fully saturated rings. The average molecular weight is 207 g/mol. The highest BCUT2D eigenvalue weighted by atomic mass is 16.4. The summed E-state index contributed by atoms with van der Waals surface area (Å²) < 4.78 is 0. The number of amides is 1. The van der Waals surface area contributed by atoms with Crippen molar-refractivity contribution in [1.82, 2.24) is 0 Å². The molecule has 0 spiro atoms. The van der Waals surface area contributed by atoms with Gasteiger partial charge in [-0.1, -0.05) is 26.0 Å². The molecular formula is C12H17NO2. The van der Waals surface area contributed by atoms with Crippen LogP contribution in [-0.2, 0) is 0 Å². The molecule has 0 aliphatic heterocycles. The van der Waals surface area contributed by atoms with Crippen molar-refractivity contribution in [3.05, 3.63) is 29.8 Å². The first kappa shape index (κ1) is 11.6. The van der Waals surface area contributed by atoms with Gasteiger partial charge in [0.1, 0.15) is 0 Å². The van der Waals surface area contributed by atoms with Gasteiger partial charge in [0, 0.05) is 12.7 Å². The molecular weight excluding hydrogens is 190 g/mol. The predicted molar refractivity (Wildman–Crippen MR) is 61.6 cm³/mol. The highest BCUT2D eigenvalue weighted by molar-refractivity contribution is 5.85. The van der Waals surface area contributed by atoms with E-state index in [1.165, 1.54) is 10.5 Å². The molecule has 1 aromatic rings. The quantitative estimate of drug-likeness (QED) is 0.826. The topological polar surface area (TPSA) is 40.5 Å². The first-order valence-electron chi connectivity index (χ1n) is 5.12. The molecule has 1 amide bonds. The zero-order chi connectivity index (χ0) is 11.4. The van der Waals surface area contributed by atoms with Crippen molar-refractivity contribution in [1.29, 1.82) is 0 Å². The fourth-order valence-electron chi connectivity index (χ4n) is 1.39. The van der Waals surface area contributed by atoms with Crippen molar-refractivity contribution >= 4 is 11.8 Å². The number of rotatable bonds is 3. The van der Waals surface area contributed by atoms with Gasteiger partial charge in [0.05, 0.1) is 0 Å². The number of benzene rings is 1. The van der Waals surface area contributed by atoms with E-state index in [2.05, 4.69) is 13.8 Å². The van der Waals surface area contributed by atoms with Gasteiger partial charge in [-0.05, 0) is 30.0 Å². The molecule has 0 radical (unpaired) electrons. The van der Waals surface area contributed by atoms with E-state index < -0.39 is 6.09 Å². The summed E-state index contributed by atoms with van der Waals surface area (Å²) >= 11 is 0. The Morgan fingerprint density at radius 3 is 2.73 bits per heavy atom. The Kier molecular flexibility index (Phi) is 3.72. The maximum atomic E-state index is 10.8. The largest absolute Gasteiger partial charge is 0.465 e. The molecule has 1 N–H and O–H groups in total. The number of nitrogens with zero attached hydrogens (tertiary/aromatic N) is 1. The second-order valence-electron chi connectivity index (χ2n) is 3.75. The summed E-state index contributed by atoms with van der Waals surface area (Å²) in [5.74, 6) is 0.465. The lowest BCUT2D eigenvalue weighted by atomic mass is 9.98. The standard InChI is InChI=1S/C12H17NO2/c1-4-9(2)10-6-5-7-11(8-10)13(3)12(14)15/h5-9H,4H2,1-3H3,(H,14,15). The van der Waals surface area contributed by atoms with E-state index in [-0.39, 0.29) is 0 Å². The zero-order valence-electron chi connectivity index (χ0n) is 9.40. The van der Waals surface area contributed by atoms with Crippen molar-refractivity contribution in [3.63, 3.8) is 0 Å². The highest BCUT2D eigenvalue weighted by Crippen LogP contribution is 2.23. The number of carboxylic acid groups (broad SMARTS) is 1. The van der Waals surface area contributed by atoms with Crippen LogP contribution in [0.1, 0.15) is 31.7 Å². The summed E-state index contributed by atoms with van der Waals surface area (Å²) in [6, 6.07) is 7.67. The first-order chi connectivity index (χ1) is 7.06. The van der Waals surface area contributed by atoms with Gasteiger partial charge < -0.3 is 5.11 Å². The molecule has 1 unspecified atom stereocenters. The molecule has 15 heavy (non-hydrogen) atoms. The minimum absolute atomic E-state index is 0.465. The van der Waals surface area contributed by atoms with Crippen LogP contribution in [0.15, 0.2) is 24.3 Å². The monoisotopic (exact) mass is 207 g/mol. The van der Waals surface area contributed by atoms with E-state index in [1.807, 2.05) is 18.2 Å². The minimum Gasteiger partial charge on any atom is -0.465 e. The molecule has 0 aliphatic rings. The van der Waals surface area contributed by atoms with Crippen LogP contribution in [0.4, 0.5) is 10.5 Å².